The van der Waals surface area contributed by atoms with Crippen LogP contribution in [0.25, 0.3) is 0 Å². The molecule has 1 aliphatic heterocycles. The number of likely N-dealkylation sites (tertiary alicyclic amines) is 1. The molecule has 2 amide bonds. The molecule has 0 spiro atoms. The van der Waals surface area contributed by atoms with Crippen molar-refractivity contribution in [3.63, 3.8) is 0 Å². The summed E-state index contributed by atoms with van der Waals surface area (Å²) in [7, 11) is 0. The van der Waals surface area contributed by atoms with Gasteiger partial charge in [-0.15, -0.1) is 0 Å². The van der Waals surface area contributed by atoms with Gasteiger partial charge in [-0.3, -0.25) is 0 Å². The minimum absolute atomic E-state index is 0.193. The molecule has 0 aromatic carbocycles. The highest BCUT2D eigenvalue weighted by Gasteiger charge is 2.32. The maximum atomic E-state index is 11.9. The van der Waals surface area contributed by atoms with E-state index in [0.717, 1.165) is 19.3 Å². The molecule has 92 valence electrons. The maximum absolute atomic E-state index is 11.9. The zero-order chi connectivity index (χ0) is 12.3. The van der Waals surface area contributed by atoms with E-state index >= 15 is 0 Å². The lowest BCUT2D eigenvalue weighted by atomic mass is 10.0. The Bertz CT molecular complexity index is 289. The first kappa shape index (κ1) is 12.8. The molecule has 1 saturated heterocycles. The van der Waals surface area contributed by atoms with Crippen LogP contribution >= 0.6 is 0 Å². The average Bonchev–Trinajstić information content (AvgIpc) is 2.17. The van der Waals surface area contributed by atoms with E-state index in [9.17, 15) is 9.59 Å². The highest BCUT2D eigenvalue weighted by Crippen LogP contribution is 2.17. The largest absolute Gasteiger partial charge is 0.480 e. The van der Waals surface area contributed by atoms with Gasteiger partial charge >= 0.3 is 12.0 Å². The summed E-state index contributed by atoms with van der Waals surface area (Å²) < 4.78 is 0. The summed E-state index contributed by atoms with van der Waals surface area (Å²) in [5, 5.41) is 11.5. The fraction of sp³-hybridized carbons (Fsp3) is 0.818. The molecular weight excluding hydrogens is 208 g/mol. The molecule has 1 atom stereocenters. The van der Waals surface area contributed by atoms with E-state index in [1.807, 2.05) is 6.92 Å². The molecule has 0 aromatic heterocycles. The Balaban J connectivity index is 2.61. The van der Waals surface area contributed by atoms with Crippen molar-refractivity contribution in [3.8, 4) is 0 Å². The fourth-order valence-electron chi connectivity index (χ4n) is 1.79. The van der Waals surface area contributed by atoms with Crippen molar-refractivity contribution < 1.29 is 14.7 Å². The summed E-state index contributed by atoms with van der Waals surface area (Å²) in [6.07, 6.45) is 3.11. The number of nitrogens with one attached hydrogen (secondary N) is 1. The smallest absolute Gasteiger partial charge is 0.328 e. The topological polar surface area (TPSA) is 69.6 Å². The number of carboxylic acid groups (broad SMARTS) is 1. The van der Waals surface area contributed by atoms with Crippen LogP contribution in [0.5, 0.6) is 0 Å². The highest BCUT2D eigenvalue weighted by atomic mass is 16.4. The second-order valence-corrected chi connectivity index (χ2v) is 4.90. The van der Waals surface area contributed by atoms with Crippen LogP contribution in [0.1, 0.15) is 40.0 Å². The number of carbonyl (C=O) groups excluding carboxylic acids is 1. The zero-order valence-corrected chi connectivity index (χ0v) is 10.1. The van der Waals surface area contributed by atoms with Crippen molar-refractivity contribution in [1.82, 2.24) is 10.2 Å². The molecule has 0 bridgehead atoms. The van der Waals surface area contributed by atoms with E-state index in [1.165, 1.54) is 13.8 Å². The molecule has 1 unspecified atom stereocenters. The Morgan fingerprint density at radius 2 is 2.00 bits per heavy atom. The molecule has 0 aliphatic carbocycles. The molecule has 0 aromatic rings. The maximum Gasteiger partial charge on any atom is 0.328 e. The number of hydrogen-bond donors (Lipinski definition) is 2. The van der Waals surface area contributed by atoms with Crippen molar-refractivity contribution in [1.29, 1.82) is 0 Å². The second-order valence-electron chi connectivity index (χ2n) is 4.90. The Morgan fingerprint density at radius 3 is 2.50 bits per heavy atom. The molecule has 2 N–H and O–H groups in total. The van der Waals surface area contributed by atoms with Gasteiger partial charge in [0.05, 0.1) is 0 Å². The lowest BCUT2D eigenvalue weighted by Crippen LogP contribution is -2.56. The number of hydrogen-bond acceptors (Lipinski definition) is 2. The van der Waals surface area contributed by atoms with E-state index < -0.39 is 11.5 Å². The number of aliphatic carboxylic acids is 1. The Hall–Kier alpha value is -1.26. The number of urea groups is 1. The first-order valence-corrected chi connectivity index (χ1v) is 5.67. The molecule has 1 heterocycles. The highest BCUT2D eigenvalue weighted by molar-refractivity contribution is 5.85. The Morgan fingerprint density at radius 1 is 1.38 bits per heavy atom. The third-order valence-electron chi connectivity index (χ3n) is 3.02. The van der Waals surface area contributed by atoms with Crippen molar-refractivity contribution >= 4 is 12.0 Å². The third-order valence-corrected chi connectivity index (χ3v) is 3.02. The average molecular weight is 228 g/mol. The molecule has 5 heteroatoms. The fourth-order valence-corrected chi connectivity index (χ4v) is 1.79. The number of carbonyl (C=O) groups is 2. The van der Waals surface area contributed by atoms with Gasteiger partial charge in [0.2, 0.25) is 0 Å². The first-order chi connectivity index (χ1) is 7.34. The molecule has 16 heavy (non-hydrogen) atoms. The molecule has 1 rings (SSSR count). The van der Waals surface area contributed by atoms with Crippen LogP contribution in [0.15, 0.2) is 0 Å². The van der Waals surface area contributed by atoms with Crippen LogP contribution < -0.4 is 5.32 Å². The number of carboxylic acids is 1. The summed E-state index contributed by atoms with van der Waals surface area (Å²) >= 11 is 0. The Kier molecular flexibility index (Phi) is 3.78. The molecular formula is C11H20N2O3. The second kappa shape index (κ2) is 4.72. The van der Waals surface area contributed by atoms with Crippen molar-refractivity contribution in [2.75, 3.05) is 6.54 Å². The number of piperidine rings is 1. The standard InChI is InChI=1S/C11H20N2O3/c1-8-6-4-5-7-13(8)10(16)12-11(2,3)9(14)15/h8H,4-7H2,1-3H3,(H,12,16)(H,14,15). The lowest BCUT2D eigenvalue weighted by Gasteiger charge is -2.35. The van der Waals surface area contributed by atoms with Gasteiger partial charge in [-0.1, -0.05) is 0 Å². The third kappa shape index (κ3) is 2.87. The van der Waals surface area contributed by atoms with Gasteiger partial charge in [-0.05, 0) is 40.0 Å². The normalized spacial score (nSPS) is 21.7. The molecule has 0 saturated carbocycles. The van der Waals surface area contributed by atoms with Crippen LogP contribution in [0, 0.1) is 0 Å². The summed E-state index contributed by atoms with van der Waals surface area (Å²) in [5.41, 5.74) is -1.21. The molecule has 0 radical (unpaired) electrons. The van der Waals surface area contributed by atoms with Gasteiger partial charge in [0.25, 0.3) is 0 Å². The summed E-state index contributed by atoms with van der Waals surface area (Å²) in [5.74, 6) is -1.02. The van der Waals surface area contributed by atoms with E-state index in [2.05, 4.69) is 5.32 Å². The van der Waals surface area contributed by atoms with Gasteiger partial charge in [0.1, 0.15) is 5.54 Å². The van der Waals surface area contributed by atoms with Crippen molar-refractivity contribution in [2.24, 2.45) is 0 Å². The number of nitrogens with zero attached hydrogens (tertiary/aromatic N) is 1. The van der Waals surface area contributed by atoms with Crippen LogP contribution in [-0.4, -0.2) is 40.1 Å². The summed E-state index contributed by atoms with van der Waals surface area (Å²) in [4.78, 5) is 24.5. The number of amides is 2. The van der Waals surface area contributed by atoms with E-state index in [4.69, 9.17) is 5.11 Å². The summed E-state index contributed by atoms with van der Waals surface area (Å²) in [6, 6.07) is -0.0852. The Labute approximate surface area is 95.8 Å². The van der Waals surface area contributed by atoms with Crippen LogP contribution in [0.4, 0.5) is 4.79 Å². The van der Waals surface area contributed by atoms with Gasteiger partial charge in [0.15, 0.2) is 0 Å². The number of rotatable bonds is 2. The quantitative estimate of drug-likeness (QED) is 0.751. The molecule has 1 fully saturated rings. The van der Waals surface area contributed by atoms with Gasteiger partial charge < -0.3 is 15.3 Å². The van der Waals surface area contributed by atoms with E-state index in [-0.39, 0.29) is 12.1 Å². The lowest BCUT2D eigenvalue weighted by molar-refractivity contribution is -0.143. The predicted molar refractivity (Wildman–Crippen MR) is 60.3 cm³/mol. The van der Waals surface area contributed by atoms with Crippen molar-refractivity contribution in [3.05, 3.63) is 0 Å². The van der Waals surface area contributed by atoms with Crippen LogP contribution in [-0.2, 0) is 4.79 Å². The van der Waals surface area contributed by atoms with Gasteiger partial charge in [-0.25, -0.2) is 9.59 Å². The first-order valence-electron chi connectivity index (χ1n) is 5.67. The monoisotopic (exact) mass is 228 g/mol. The predicted octanol–water partition coefficient (Wildman–Crippen LogP) is 1.43. The molecule has 5 nitrogen and oxygen atoms in total. The van der Waals surface area contributed by atoms with Crippen LogP contribution in [0.2, 0.25) is 0 Å². The van der Waals surface area contributed by atoms with E-state index in [1.54, 1.807) is 4.90 Å². The van der Waals surface area contributed by atoms with Crippen molar-refractivity contribution in [2.45, 2.75) is 51.6 Å². The zero-order valence-electron chi connectivity index (χ0n) is 10.1. The van der Waals surface area contributed by atoms with Gasteiger partial charge in [-0.2, -0.15) is 0 Å². The van der Waals surface area contributed by atoms with Crippen LogP contribution in [0.3, 0.4) is 0 Å². The minimum Gasteiger partial charge on any atom is -0.480 e. The summed E-state index contributed by atoms with van der Waals surface area (Å²) in [6.45, 7) is 5.68. The van der Waals surface area contributed by atoms with E-state index in [0.29, 0.717) is 6.54 Å². The van der Waals surface area contributed by atoms with Gasteiger partial charge in [0, 0.05) is 12.6 Å². The molecule has 1 aliphatic rings. The SMILES string of the molecule is CC1CCCCN1C(=O)NC(C)(C)C(=O)O. The minimum atomic E-state index is -1.21.